The van der Waals surface area contributed by atoms with E-state index in [4.69, 9.17) is 29.6 Å². The highest BCUT2D eigenvalue weighted by molar-refractivity contribution is 7.51. The SMILES string of the molecule is COCCOC1OC(CO)C(O)C(OP(C)(=O)O)C1N. The number of aliphatic hydroxyl groups is 2. The lowest BCUT2D eigenvalue weighted by Crippen LogP contribution is -2.63. The van der Waals surface area contributed by atoms with E-state index in [1.165, 1.54) is 7.11 Å². The van der Waals surface area contributed by atoms with Crippen molar-refractivity contribution in [1.82, 2.24) is 0 Å². The molecular formula is C10H22NO8P. The first kappa shape index (κ1) is 18.0. The molecular weight excluding hydrogens is 293 g/mol. The highest BCUT2D eigenvalue weighted by Gasteiger charge is 2.46. The molecule has 1 heterocycles. The van der Waals surface area contributed by atoms with Gasteiger partial charge in [0.05, 0.1) is 25.9 Å². The summed E-state index contributed by atoms with van der Waals surface area (Å²) in [6.07, 6.45) is -4.52. The van der Waals surface area contributed by atoms with Crippen LogP contribution in [-0.4, -0.2) is 79.3 Å². The zero-order chi connectivity index (χ0) is 15.3. The van der Waals surface area contributed by atoms with Crippen molar-refractivity contribution in [3.05, 3.63) is 0 Å². The van der Waals surface area contributed by atoms with E-state index in [-0.39, 0.29) is 6.61 Å². The molecule has 9 nitrogen and oxygen atoms in total. The Bertz CT molecular complexity index is 337. The number of hydrogen-bond donors (Lipinski definition) is 4. The van der Waals surface area contributed by atoms with Gasteiger partial charge in [-0.15, -0.1) is 0 Å². The summed E-state index contributed by atoms with van der Waals surface area (Å²) >= 11 is 0. The van der Waals surface area contributed by atoms with Crippen molar-refractivity contribution in [3.8, 4) is 0 Å². The lowest BCUT2D eigenvalue weighted by Gasteiger charge is -2.42. The quantitative estimate of drug-likeness (QED) is 0.318. The highest BCUT2D eigenvalue weighted by Crippen LogP contribution is 2.41. The second-order valence-electron chi connectivity index (χ2n) is 4.53. The Hall–Kier alpha value is -0.0900. The molecule has 0 aromatic heterocycles. The third kappa shape index (κ3) is 5.03. The summed E-state index contributed by atoms with van der Waals surface area (Å²) in [5.74, 6) is 0. The van der Waals surface area contributed by atoms with Crippen LogP contribution in [0.4, 0.5) is 0 Å². The van der Waals surface area contributed by atoms with Gasteiger partial charge in [-0.1, -0.05) is 0 Å². The van der Waals surface area contributed by atoms with Crippen LogP contribution in [0.1, 0.15) is 0 Å². The molecule has 0 aromatic rings. The molecule has 6 atom stereocenters. The number of hydrogen-bond acceptors (Lipinski definition) is 8. The number of nitrogens with two attached hydrogens (primary N) is 1. The lowest BCUT2D eigenvalue weighted by molar-refractivity contribution is -0.263. The normalized spacial score (nSPS) is 37.6. The maximum absolute atomic E-state index is 11.3. The van der Waals surface area contributed by atoms with Gasteiger partial charge in [-0.05, 0) is 0 Å². The number of ether oxygens (including phenoxy) is 3. The second kappa shape index (κ2) is 7.79. The average Bonchev–Trinajstić information content (AvgIpc) is 2.36. The van der Waals surface area contributed by atoms with Crippen LogP contribution in [0.25, 0.3) is 0 Å². The van der Waals surface area contributed by atoms with Crippen molar-refractivity contribution in [1.29, 1.82) is 0 Å². The van der Waals surface area contributed by atoms with Crippen molar-refractivity contribution in [2.45, 2.75) is 30.6 Å². The average molecular weight is 315 g/mol. The molecule has 0 spiro atoms. The van der Waals surface area contributed by atoms with Gasteiger partial charge < -0.3 is 39.6 Å². The topological polar surface area (TPSA) is 141 Å². The molecule has 1 aliphatic rings. The Morgan fingerprint density at radius 2 is 2.05 bits per heavy atom. The van der Waals surface area contributed by atoms with E-state index in [0.717, 1.165) is 6.66 Å². The van der Waals surface area contributed by atoms with Crippen LogP contribution >= 0.6 is 7.60 Å². The summed E-state index contributed by atoms with van der Waals surface area (Å²) in [6.45, 7) is 0.962. The standard InChI is InChI=1S/C10H22NO8P/c1-16-3-4-17-10-7(11)9(19-20(2,14)15)8(13)6(5-12)18-10/h6-10,12-13H,3-5,11H2,1-2H3,(H,14,15). The fourth-order valence-corrected chi connectivity index (χ4v) is 2.56. The molecule has 0 bridgehead atoms. The van der Waals surface area contributed by atoms with Crippen molar-refractivity contribution < 1.29 is 38.4 Å². The Kier molecular flexibility index (Phi) is 6.99. The summed E-state index contributed by atoms with van der Waals surface area (Å²) in [7, 11) is -2.37. The molecule has 0 amide bonds. The van der Waals surface area contributed by atoms with Crippen LogP contribution in [0.5, 0.6) is 0 Å². The molecule has 120 valence electrons. The molecule has 1 fully saturated rings. The van der Waals surface area contributed by atoms with Crippen molar-refractivity contribution in [2.75, 3.05) is 33.6 Å². The summed E-state index contributed by atoms with van der Waals surface area (Å²) < 4.78 is 31.7. The van der Waals surface area contributed by atoms with Gasteiger partial charge in [-0.2, -0.15) is 0 Å². The summed E-state index contributed by atoms with van der Waals surface area (Å²) in [4.78, 5) is 9.27. The van der Waals surface area contributed by atoms with Gasteiger partial charge in [0.2, 0.25) is 0 Å². The zero-order valence-corrected chi connectivity index (χ0v) is 12.3. The first-order valence-electron chi connectivity index (χ1n) is 6.09. The number of rotatable bonds is 7. The molecule has 0 radical (unpaired) electrons. The molecule has 0 aromatic carbocycles. The zero-order valence-electron chi connectivity index (χ0n) is 11.4. The Balaban J connectivity index is 2.76. The van der Waals surface area contributed by atoms with Gasteiger partial charge in [0, 0.05) is 13.8 Å². The van der Waals surface area contributed by atoms with E-state index in [9.17, 15) is 14.6 Å². The monoisotopic (exact) mass is 315 g/mol. The summed E-state index contributed by atoms with van der Waals surface area (Å²) in [6, 6.07) is -0.981. The Labute approximate surface area is 117 Å². The fraction of sp³-hybridized carbons (Fsp3) is 1.00. The molecule has 20 heavy (non-hydrogen) atoms. The maximum Gasteiger partial charge on any atom is 0.325 e. The van der Waals surface area contributed by atoms with E-state index >= 15 is 0 Å². The molecule has 1 rings (SSSR count). The molecule has 5 N–H and O–H groups in total. The van der Waals surface area contributed by atoms with Gasteiger partial charge in [0.1, 0.15) is 18.3 Å². The van der Waals surface area contributed by atoms with Crippen LogP contribution < -0.4 is 5.73 Å². The minimum absolute atomic E-state index is 0.179. The first-order chi connectivity index (χ1) is 9.30. The van der Waals surface area contributed by atoms with Gasteiger partial charge in [-0.25, -0.2) is 0 Å². The van der Waals surface area contributed by atoms with E-state index in [0.29, 0.717) is 6.61 Å². The van der Waals surface area contributed by atoms with Crippen molar-refractivity contribution in [3.63, 3.8) is 0 Å². The minimum atomic E-state index is -3.86. The van der Waals surface area contributed by atoms with Crippen LogP contribution in [0.2, 0.25) is 0 Å². The summed E-state index contributed by atoms with van der Waals surface area (Å²) in [5, 5.41) is 19.1. The third-order valence-corrected chi connectivity index (χ3v) is 3.42. The molecule has 1 saturated heterocycles. The number of aliphatic hydroxyl groups excluding tert-OH is 2. The van der Waals surface area contributed by atoms with Gasteiger partial charge in [0.15, 0.2) is 6.29 Å². The number of methoxy groups -OCH3 is 1. The predicted molar refractivity (Wildman–Crippen MR) is 68.2 cm³/mol. The van der Waals surface area contributed by atoms with Crippen molar-refractivity contribution >= 4 is 7.60 Å². The smallest absolute Gasteiger partial charge is 0.325 e. The van der Waals surface area contributed by atoms with E-state index < -0.39 is 44.8 Å². The Morgan fingerprint density at radius 1 is 1.40 bits per heavy atom. The predicted octanol–water partition coefficient (Wildman–Crippen LogP) is -1.74. The van der Waals surface area contributed by atoms with Crippen LogP contribution in [0.15, 0.2) is 0 Å². The lowest BCUT2D eigenvalue weighted by atomic mass is 9.98. The highest BCUT2D eigenvalue weighted by atomic mass is 31.2. The van der Waals surface area contributed by atoms with Crippen LogP contribution in [0, 0.1) is 0 Å². The maximum atomic E-state index is 11.3. The van der Waals surface area contributed by atoms with E-state index in [1.807, 2.05) is 0 Å². The van der Waals surface area contributed by atoms with Crippen LogP contribution in [-0.2, 0) is 23.3 Å². The molecule has 0 saturated carbocycles. The summed E-state index contributed by atoms with van der Waals surface area (Å²) in [5.41, 5.74) is 5.83. The van der Waals surface area contributed by atoms with Gasteiger partial charge in [-0.3, -0.25) is 4.57 Å². The van der Waals surface area contributed by atoms with Gasteiger partial charge in [0.25, 0.3) is 0 Å². The molecule has 1 aliphatic heterocycles. The second-order valence-corrected chi connectivity index (χ2v) is 6.35. The Morgan fingerprint density at radius 3 is 2.55 bits per heavy atom. The fourth-order valence-electron chi connectivity index (χ4n) is 1.85. The minimum Gasteiger partial charge on any atom is -0.394 e. The molecule has 0 aliphatic carbocycles. The van der Waals surface area contributed by atoms with Gasteiger partial charge >= 0.3 is 7.60 Å². The third-order valence-electron chi connectivity index (χ3n) is 2.79. The van der Waals surface area contributed by atoms with E-state index in [2.05, 4.69) is 0 Å². The first-order valence-corrected chi connectivity index (χ1v) is 8.11. The largest absolute Gasteiger partial charge is 0.394 e. The van der Waals surface area contributed by atoms with E-state index in [1.54, 1.807) is 0 Å². The van der Waals surface area contributed by atoms with Crippen molar-refractivity contribution in [2.24, 2.45) is 5.73 Å². The molecule has 10 heteroatoms. The van der Waals surface area contributed by atoms with Crippen LogP contribution in [0.3, 0.4) is 0 Å². The molecule has 6 unspecified atom stereocenters.